The second-order valence-electron chi connectivity index (χ2n) is 4.03. The van der Waals surface area contributed by atoms with Gasteiger partial charge in [-0.2, -0.15) is 13.2 Å². The molecule has 7 nitrogen and oxygen atoms in total. The van der Waals surface area contributed by atoms with Crippen LogP contribution in [-0.2, 0) is 14.3 Å². The smallest absolute Gasteiger partial charge is 0.405 e. The van der Waals surface area contributed by atoms with Gasteiger partial charge in [-0.1, -0.05) is 0 Å². The summed E-state index contributed by atoms with van der Waals surface area (Å²) in [4.78, 5) is 32.9. The number of ether oxygens (including phenoxy) is 1. The van der Waals surface area contributed by atoms with Crippen molar-refractivity contribution in [3.63, 3.8) is 0 Å². The quantitative estimate of drug-likeness (QED) is 0.444. The molecule has 0 aromatic carbocycles. The number of alkyl halides is 3. The van der Waals surface area contributed by atoms with Crippen LogP contribution in [0.4, 0.5) is 18.0 Å². The maximum Gasteiger partial charge on any atom is 0.405 e. The SMILES string of the molecule is COC(=O)CCCCNC(=O)NCC(=O)NCC(F)(F)F. The lowest BCUT2D eigenvalue weighted by Gasteiger charge is -2.09. The van der Waals surface area contributed by atoms with Crippen LogP contribution in [0.2, 0.25) is 0 Å². The van der Waals surface area contributed by atoms with E-state index in [9.17, 15) is 27.6 Å². The van der Waals surface area contributed by atoms with Crippen LogP contribution in [0, 0.1) is 0 Å². The number of amides is 3. The number of halogens is 3. The molecule has 0 aliphatic heterocycles. The summed E-state index contributed by atoms with van der Waals surface area (Å²) in [6, 6.07) is -0.671. The summed E-state index contributed by atoms with van der Waals surface area (Å²) in [5.41, 5.74) is 0. The average Bonchev–Trinajstić information content (AvgIpc) is 2.41. The topological polar surface area (TPSA) is 96.5 Å². The molecule has 0 saturated carbocycles. The highest BCUT2D eigenvalue weighted by atomic mass is 19.4. The number of hydrogen-bond acceptors (Lipinski definition) is 4. The van der Waals surface area contributed by atoms with Gasteiger partial charge in [-0.3, -0.25) is 9.59 Å². The Morgan fingerprint density at radius 2 is 1.71 bits per heavy atom. The second-order valence-corrected chi connectivity index (χ2v) is 4.03. The molecule has 0 atom stereocenters. The van der Waals surface area contributed by atoms with E-state index in [1.807, 2.05) is 0 Å². The molecule has 0 heterocycles. The highest BCUT2D eigenvalue weighted by molar-refractivity contribution is 5.83. The molecule has 0 radical (unpaired) electrons. The molecule has 3 amide bonds. The van der Waals surface area contributed by atoms with Crippen molar-refractivity contribution in [2.45, 2.75) is 25.4 Å². The monoisotopic (exact) mass is 313 g/mol. The number of hydrogen-bond donors (Lipinski definition) is 3. The normalized spacial score (nSPS) is 10.7. The maximum absolute atomic E-state index is 11.8. The molecule has 0 aliphatic carbocycles. The van der Waals surface area contributed by atoms with Crippen LogP contribution in [0.1, 0.15) is 19.3 Å². The first-order valence-corrected chi connectivity index (χ1v) is 6.16. The van der Waals surface area contributed by atoms with Gasteiger partial charge in [0.1, 0.15) is 6.54 Å². The Bertz CT molecular complexity index is 361. The number of carbonyl (C=O) groups excluding carboxylic acids is 3. The summed E-state index contributed by atoms with van der Waals surface area (Å²) < 4.78 is 39.8. The van der Waals surface area contributed by atoms with E-state index in [1.165, 1.54) is 7.11 Å². The van der Waals surface area contributed by atoms with E-state index in [0.717, 1.165) is 0 Å². The molecule has 0 bridgehead atoms. The van der Waals surface area contributed by atoms with E-state index in [-0.39, 0.29) is 18.9 Å². The Balaban J connectivity index is 3.58. The minimum atomic E-state index is -4.49. The summed E-state index contributed by atoms with van der Waals surface area (Å²) in [6.07, 6.45) is -3.20. The van der Waals surface area contributed by atoms with Gasteiger partial charge in [0, 0.05) is 13.0 Å². The molecule has 0 spiro atoms. The molecule has 0 aliphatic rings. The third-order valence-electron chi connectivity index (χ3n) is 2.22. The fourth-order valence-electron chi connectivity index (χ4n) is 1.18. The number of methoxy groups -OCH3 is 1. The van der Waals surface area contributed by atoms with Crippen molar-refractivity contribution in [3.8, 4) is 0 Å². The van der Waals surface area contributed by atoms with Gasteiger partial charge in [0.05, 0.1) is 13.7 Å². The van der Waals surface area contributed by atoms with Crippen LogP contribution in [0.15, 0.2) is 0 Å². The van der Waals surface area contributed by atoms with E-state index in [0.29, 0.717) is 12.8 Å². The summed E-state index contributed by atoms with van der Waals surface area (Å²) in [5, 5.41) is 6.12. The number of carbonyl (C=O) groups is 3. The number of unbranched alkanes of at least 4 members (excludes halogenated alkanes) is 1. The second kappa shape index (κ2) is 9.83. The van der Waals surface area contributed by atoms with Gasteiger partial charge in [-0.05, 0) is 12.8 Å². The lowest BCUT2D eigenvalue weighted by atomic mass is 10.2. The van der Waals surface area contributed by atoms with Crippen molar-refractivity contribution in [3.05, 3.63) is 0 Å². The molecule has 122 valence electrons. The lowest BCUT2D eigenvalue weighted by Crippen LogP contribution is -2.44. The standard InChI is InChI=1S/C11H18F3N3O4/c1-21-9(19)4-2-3-5-15-10(20)16-6-8(18)17-7-11(12,13)14/h2-7H2,1H3,(H,17,18)(H2,15,16,20). The highest BCUT2D eigenvalue weighted by Gasteiger charge is 2.27. The Labute approximate surface area is 119 Å². The zero-order valence-corrected chi connectivity index (χ0v) is 11.5. The molecule has 3 N–H and O–H groups in total. The molecule has 0 aromatic rings. The van der Waals surface area contributed by atoms with Gasteiger partial charge >= 0.3 is 18.2 Å². The zero-order valence-electron chi connectivity index (χ0n) is 11.5. The maximum atomic E-state index is 11.8. The first-order valence-electron chi connectivity index (χ1n) is 6.16. The van der Waals surface area contributed by atoms with Crippen LogP contribution < -0.4 is 16.0 Å². The largest absolute Gasteiger partial charge is 0.469 e. The van der Waals surface area contributed by atoms with E-state index in [1.54, 1.807) is 5.32 Å². The molecule has 21 heavy (non-hydrogen) atoms. The van der Waals surface area contributed by atoms with Crippen LogP contribution in [-0.4, -0.2) is 50.8 Å². The summed E-state index contributed by atoms with van der Waals surface area (Å²) in [7, 11) is 1.28. The first kappa shape index (κ1) is 19.0. The molecule has 0 aromatic heterocycles. The fourth-order valence-corrected chi connectivity index (χ4v) is 1.18. The molecule has 0 rings (SSSR count). The summed E-state index contributed by atoms with van der Waals surface area (Å²) >= 11 is 0. The van der Waals surface area contributed by atoms with E-state index in [2.05, 4.69) is 15.4 Å². The predicted molar refractivity (Wildman–Crippen MR) is 66.3 cm³/mol. The van der Waals surface area contributed by atoms with Crippen molar-refractivity contribution in [2.24, 2.45) is 0 Å². The summed E-state index contributed by atoms with van der Waals surface area (Å²) in [6.45, 7) is -1.72. The molecule has 0 saturated heterocycles. The molecule has 10 heteroatoms. The number of urea groups is 1. The number of rotatable bonds is 8. The highest BCUT2D eigenvalue weighted by Crippen LogP contribution is 2.11. The number of esters is 1. The minimum absolute atomic E-state index is 0.236. The minimum Gasteiger partial charge on any atom is -0.469 e. The van der Waals surface area contributed by atoms with Gasteiger partial charge in [-0.25, -0.2) is 4.79 Å². The van der Waals surface area contributed by atoms with Crippen molar-refractivity contribution in [2.75, 3.05) is 26.7 Å². The van der Waals surface area contributed by atoms with Gasteiger partial charge < -0.3 is 20.7 Å². The Kier molecular flexibility index (Phi) is 8.90. The van der Waals surface area contributed by atoms with Crippen LogP contribution in [0.3, 0.4) is 0 Å². The van der Waals surface area contributed by atoms with E-state index in [4.69, 9.17) is 0 Å². The van der Waals surface area contributed by atoms with Crippen LogP contribution in [0.5, 0.6) is 0 Å². The first-order chi connectivity index (χ1) is 9.74. The van der Waals surface area contributed by atoms with Gasteiger partial charge in [0.2, 0.25) is 5.91 Å². The third kappa shape index (κ3) is 12.8. The number of nitrogens with one attached hydrogen (secondary N) is 3. The van der Waals surface area contributed by atoms with Crippen molar-refractivity contribution in [1.29, 1.82) is 0 Å². The Hall–Kier alpha value is -2.00. The van der Waals surface area contributed by atoms with E-state index >= 15 is 0 Å². The van der Waals surface area contributed by atoms with Crippen LogP contribution in [0.25, 0.3) is 0 Å². The van der Waals surface area contributed by atoms with Crippen molar-refractivity contribution >= 4 is 17.9 Å². The molecule has 0 unspecified atom stereocenters. The van der Waals surface area contributed by atoms with Gasteiger partial charge in [0.25, 0.3) is 0 Å². The lowest BCUT2D eigenvalue weighted by molar-refractivity contribution is -0.140. The average molecular weight is 313 g/mol. The molecular weight excluding hydrogens is 295 g/mol. The van der Waals surface area contributed by atoms with Gasteiger partial charge in [0.15, 0.2) is 0 Å². The molecule has 0 fully saturated rings. The Morgan fingerprint density at radius 1 is 1.05 bits per heavy atom. The third-order valence-corrected chi connectivity index (χ3v) is 2.22. The molecular formula is C11H18F3N3O4. The fraction of sp³-hybridized carbons (Fsp3) is 0.727. The zero-order chi connectivity index (χ0) is 16.3. The van der Waals surface area contributed by atoms with E-state index < -0.39 is 31.2 Å². The summed E-state index contributed by atoms with van der Waals surface area (Å²) in [5.74, 6) is -1.28. The van der Waals surface area contributed by atoms with Crippen molar-refractivity contribution in [1.82, 2.24) is 16.0 Å². The van der Waals surface area contributed by atoms with Crippen LogP contribution >= 0.6 is 0 Å². The van der Waals surface area contributed by atoms with Gasteiger partial charge in [-0.15, -0.1) is 0 Å². The van der Waals surface area contributed by atoms with Crippen molar-refractivity contribution < 1.29 is 32.3 Å². The predicted octanol–water partition coefficient (Wildman–Crippen LogP) is 0.307. The Morgan fingerprint density at radius 3 is 2.29 bits per heavy atom.